The van der Waals surface area contributed by atoms with Crippen LogP contribution in [0, 0.1) is 0 Å². The summed E-state index contributed by atoms with van der Waals surface area (Å²) in [5.41, 5.74) is -0.673. The number of aliphatic hydroxyl groups is 2. The molecule has 0 spiro atoms. The highest BCUT2D eigenvalue weighted by Gasteiger charge is 2.32. The third-order valence-corrected chi connectivity index (χ3v) is 3.04. The van der Waals surface area contributed by atoms with Gasteiger partial charge >= 0.3 is 12.5 Å². The maximum atomic E-state index is 12.2. The fourth-order valence-corrected chi connectivity index (χ4v) is 1.97. The van der Waals surface area contributed by atoms with E-state index < -0.39 is 36.0 Å². The summed E-state index contributed by atoms with van der Waals surface area (Å²) in [4.78, 5) is 11.5. The van der Waals surface area contributed by atoms with Crippen LogP contribution >= 0.6 is 11.6 Å². The Morgan fingerprint density at radius 2 is 1.88 bits per heavy atom. The Bertz CT molecular complexity index is 604. The molecule has 0 aliphatic heterocycles. The predicted octanol–water partition coefficient (Wildman–Crippen LogP) is 3.16. The molecule has 2 unspecified atom stereocenters. The summed E-state index contributed by atoms with van der Waals surface area (Å²) >= 11 is 5.68. The Labute approximate surface area is 147 Å². The third-order valence-electron chi connectivity index (χ3n) is 2.74. The highest BCUT2D eigenvalue weighted by atomic mass is 35.5. The van der Waals surface area contributed by atoms with Gasteiger partial charge in [-0.15, -0.1) is 13.2 Å². The Hall–Kier alpha value is -1.71. The zero-order chi connectivity index (χ0) is 19.4. The number of carbonyl (C=O) groups is 1. The van der Waals surface area contributed by atoms with Crippen molar-refractivity contribution >= 4 is 17.7 Å². The quantitative estimate of drug-likeness (QED) is 0.724. The summed E-state index contributed by atoms with van der Waals surface area (Å²) in [5, 5.41) is 21.8. The van der Waals surface area contributed by atoms with Gasteiger partial charge in [-0.25, -0.2) is 4.79 Å². The number of benzene rings is 1. The molecule has 142 valence electrons. The van der Waals surface area contributed by atoms with E-state index in [1.165, 1.54) is 0 Å². The van der Waals surface area contributed by atoms with Crippen molar-refractivity contribution in [2.75, 3.05) is 6.54 Å². The molecular formula is C15H19ClF3NO5. The summed E-state index contributed by atoms with van der Waals surface area (Å²) < 4.78 is 45.2. The van der Waals surface area contributed by atoms with Gasteiger partial charge in [0.25, 0.3) is 0 Å². The van der Waals surface area contributed by atoms with Crippen molar-refractivity contribution in [2.45, 2.75) is 44.9 Å². The lowest BCUT2D eigenvalue weighted by Gasteiger charge is -2.22. The Balaban J connectivity index is 2.68. The van der Waals surface area contributed by atoms with E-state index in [1.54, 1.807) is 20.8 Å². The zero-order valence-electron chi connectivity index (χ0n) is 13.7. The van der Waals surface area contributed by atoms with E-state index in [0.717, 1.165) is 18.2 Å². The maximum Gasteiger partial charge on any atom is 0.573 e. The lowest BCUT2D eigenvalue weighted by atomic mass is 10.0. The Morgan fingerprint density at radius 3 is 2.36 bits per heavy atom. The number of rotatable bonds is 5. The van der Waals surface area contributed by atoms with E-state index in [-0.39, 0.29) is 17.1 Å². The minimum Gasteiger partial charge on any atom is -0.444 e. The molecule has 10 heteroatoms. The van der Waals surface area contributed by atoms with Crippen LogP contribution in [-0.4, -0.2) is 40.9 Å². The average molecular weight is 386 g/mol. The van der Waals surface area contributed by atoms with Gasteiger partial charge in [0.2, 0.25) is 0 Å². The van der Waals surface area contributed by atoms with Gasteiger partial charge in [0.15, 0.2) is 0 Å². The van der Waals surface area contributed by atoms with Crippen LogP contribution in [0.4, 0.5) is 18.0 Å². The molecule has 0 aliphatic rings. The number of carbonyl (C=O) groups excluding carboxylic acids is 1. The zero-order valence-corrected chi connectivity index (χ0v) is 14.5. The van der Waals surface area contributed by atoms with Gasteiger partial charge < -0.3 is 25.0 Å². The molecule has 1 aromatic rings. The summed E-state index contributed by atoms with van der Waals surface area (Å²) in [5.74, 6) is -0.633. The first-order chi connectivity index (χ1) is 11.3. The molecule has 25 heavy (non-hydrogen) atoms. The summed E-state index contributed by atoms with van der Waals surface area (Å²) in [6, 6.07) is 3.07. The van der Waals surface area contributed by atoms with Crippen LogP contribution in [0.5, 0.6) is 5.75 Å². The van der Waals surface area contributed by atoms with E-state index in [4.69, 9.17) is 16.3 Å². The molecule has 0 aliphatic carbocycles. The van der Waals surface area contributed by atoms with E-state index >= 15 is 0 Å². The van der Waals surface area contributed by atoms with Crippen LogP contribution in [0.25, 0.3) is 0 Å². The lowest BCUT2D eigenvalue weighted by Crippen LogP contribution is -2.38. The summed E-state index contributed by atoms with van der Waals surface area (Å²) in [6.07, 6.45) is -8.61. The van der Waals surface area contributed by atoms with Crippen LogP contribution in [0.3, 0.4) is 0 Å². The van der Waals surface area contributed by atoms with Crippen molar-refractivity contribution in [1.82, 2.24) is 5.32 Å². The standard InChI is InChI=1S/C15H19ClF3NO5/c1-14(2,3)25-13(23)20-7-10(21)12(22)8-4-5-11(9(16)6-8)24-15(17,18)19/h4-6,10,12,21-22H,7H2,1-3H3,(H,20,23). The largest absolute Gasteiger partial charge is 0.573 e. The lowest BCUT2D eigenvalue weighted by molar-refractivity contribution is -0.274. The van der Waals surface area contributed by atoms with E-state index in [0.29, 0.717) is 0 Å². The van der Waals surface area contributed by atoms with Crippen molar-refractivity contribution in [2.24, 2.45) is 0 Å². The van der Waals surface area contributed by atoms with Crippen LogP contribution in [0.1, 0.15) is 32.4 Å². The molecule has 6 nitrogen and oxygen atoms in total. The monoisotopic (exact) mass is 385 g/mol. The molecule has 1 amide bonds. The van der Waals surface area contributed by atoms with Crippen LogP contribution in [0.15, 0.2) is 18.2 Å². The van der Waals surface area contributed by atoms with Gasteiger partial charge in [-0.2, -0.15) is 0 Å². The van der Waals surface area contributed by atoms with Crippen molar-refractivity contribution < 1.29 is 37.7 Å². The molecule has 0 radical (unpaired) electrons. The van der Waals surface area contributed by atoms with Crippen LogP contribution in [0.2, 0.25) is 5.02 Å². The number of alkyl carbamates (subject to hydrolysis) is 1. The highest BCUT2D eigenvalue weighted by Crippen LogP contribution is 2.32. The number of hydrogen-bond acceptors (Lipinski definition) is 5. The maximum absolute atomic E-state index is 12.2. The van der Waals surface area contributed by atoms with Gasteiger partial charge in [0, 0.05) is 6.54 Å². The molecule has 2 atom stereocenters. The first kappa shape index (κ1) is 21.3. The second-order valence-electron chi connectivity index (χ2n) is 6.13. The number of aliphatic hydroxyl groups excluding tert-OH is 2. The number of nitrogens with one attached hydrogen (secondary N) is 1. The average Bonchev–Trinajstić information content (AvgIpc) is 2.43. The Morgan fingerprint density at radius 1 is 1.28 bits per heavy atom. The van der Waals surface area contributed by atoms with Gasteiger partial charge in [-0.3, -0.25) is 0 Å². The van der Waals surface area contributed by atoms with Gasteiger partial charge in [-0.05, 0) is 38.5 Å². The summed E-state index contributed by atoms with van der Waals surface area (Å²) in [7, 11) is 0. The van der Waals surface area contributed by atoms with Crippen molar-refractivity contribution in [3.8, 4) is 5.75 Å². The summed E-state index contributed by atoms with van der Waals surface area (Å²) in [6.45, 7) is 4.63. The highest BCUT2D eigenvalue weighted by molar-refractivity contribution is 6.32. The normalized spacial score (nSPS) is 14.6. The number of ether oxygens (including phenoxy) is 2. The van der Waals surface area contributed by atoms with Crippen molar-refractivity contribution in [1.29, 1.82) is 0 Å². The second kappa shape index (κ2) is 8.11. The minimum atomic E-state index is -4.90. The van der Waals surface area contributed by atoms with Crippen LogP contribution < -0.4 is 10.1 Å². The van der Waals surface area contributed by atoms with E-state index in [1.807, 2.05) is 0 Å². The molecule has 1 aromatic carbocycles. The van der Waals surface area contributed by atoms with Gasteiger partial charge in [0.1, 0.15) is 23.6 Å². The van der Waals surface area contributed by atoms with E-state index in [9.17, 15) is 28.2 Å². The third kappa shape index (κ3) is 7.80. The van der Waals surface area contributed by atoms with Crippen molar-refractivity contribution in [3.05, 3.63) is 28.8 Å². The minimum absolute atomic E-state index is 0.0537. The first-order valence-electron chi connectivity index (χ1n) is 7.16. The molecule has 0 saturated heterocycles. The second-order valence-corrected chi connectivity index (χ2v) is 6.54. The SMILES string of the molecule is CC(C)(C)OC(=O)NCC(O)C(O)c1ccc(OC(F)(F)F)c(Cl)c1. The van der Waals surface area contributed by atoms with Crippen molar-refractivity contribution in [3.63, 3.8) is 0 Å². The molecule has 0 aromatic heterocycles. The van der Waals surface area contributed by atoms with Gasteiger partial charge in [-0.1, -0.05) is 17.7 Å². The van der Waals surface area contributed by atoms with E-state index in [2.05, 4.69) is 10.1 Å². The van der Waals surface area contributed by atoms with Gasteiger partial charge in [0.05, 0.1) is 5.02 Å². The topological polar surface area (TPSA) is 88.0 Å². The first-order valence-corrected chi connectivity index (χ1v) is 7.54. The molecule has 0 bridgehead atoms. The molecule has 0 heterocycles. The number of halogens is 4. The predicted molar refractivity (Wildman–Crippen MR) is 83.3 cm³/mol. The molecule has 3 N–H and O–H groups in total. The molecule has 0 fully saturated rings. The number of alkyl halides is 3. The molecular weight excluding hydrogens is 367 g/mol. The Kier molecular flexibility index (Phi) is 6.92. The fourth-order valence-electron chi connectivity index (χ4n) is 1.74. The smallest absolute Gasteiger partial charge is 0.444 e. The fraction of sp³-hybridized carbons (Fsp3) is 0.533. The molecule has 1 rings (SSSR count). The number of hydrogen-bond donors (Lipinski definition) is 3. The number of amides is 1. The van der Waals surface area contributed by atoms with Crippen LogP contribution in [-0.2, 0) is 4.74 Å². The molecule has 0 saturated carbocycles.